The Kier molecular flexibility index (Phi) is 6.76. The van der Waals surface area contributed by atoms with Crippen molar-refractivity contribution in [3.63, 3.8) is 0 Å². The van der Waals surface area contributed by atoms with E-state index in [9.17, 15) is 14.7 Å². The van der Waals surface area contributed by atoms with E-state index in [-0.39, 0.29) is 35.2 Å². The van der Waals surface area contributed by atoms with Crippen LogP contribution < -0.4 is 0 Å². The van der Waals surface area contributed by atoms with Crippen molar-refractivity contribution in [3.8, 4) is 0 Å². The third kappa shape index (κ3) is 4.07. The van der Waals surface area contributed by atoms with Crippen LogP contribution in [-0.2, 0) is 20.9 Å². The average molecular weight is 358 g/mol. The summed E-state index contributed by atoms with van der Waals surface area (Å²) in [6.07, 6.45) is 1.59. The smallest absolute Gasteiger partial charge is 0.170 e. The summed E-state index contributed by atoms with van der Waals surface area (Å²) in [4.78, 5) is 24.7. The number of aryl methyl sites for hydroxylation is 2. The molecule has 0 bridgehead atoms. The van der Waals surface area contributed by atoms with Gasteiger partial charge in [-0.05, 0) is 67.9 Å². The molecule has 142 valence electrons. The molecule has 4 heteroatoms. The molecular formula is C22H30O4. The van der Waals surface area contributed by atoms with Crippen molar-refractivity contribution in [2.24, 2.45) is 0 Å². The highest BCUT2D eigenvalue weighted by molar-refractivity contribution is 6.21. The minimum Gasteiger partial charge on any atom is -0.511 e. The number of benzene rings is 1. The number of hydrogen-bond acceptors (Lipinski definition) is 4. The standard InChI is InChI=1S/C22H30O4/c1-6-8-18(23)22-19(24)10-16(11-20(22)25)21-14(4)9-13(3)17(15(21)5)12-26-7-2/h9,16,24H,6-8,10-12H2,1-5H3. The molecule has 2 rings (SSSR count). The number of allylic oxidation sites excluding steroid dienone is 2. The van der Waals surface area contributed by atoms with E-state index in [0.29, 0.717) is 32.5 Å². The number of rotatable bonds is 7. The summed E-state index contributed by atoms with van der Waals surface area (Å²) in [5.41, 5.74) is 5.71. The zero-order valence-electron chi connectivity index (χ0n) is 16.6. The van der Waals surface area contributed by atoms with E-state index in [4.69, 9.17) is 4.74 Å². The van der Waals surface area contributed by atoms with Crippen molar-refractivity contribution in [1.82, 2.24) is 0 Å². The van der Waals surface area contributed by atoms with Gasteiger partial charge in [-0.25, -0.2) is 0 Å². The van der Waals surface area contributed by atoms with Crippen LogP contribution in [0.3, 0.4) is 0 Å². The molecule has 26 heavy (non-hydrogen) atoms. The zero-order chi connectivity index (χ0) is 19.4. The lowest BCUT2D eigenvalue weighted by Crippen LogP contribution is -2.24. The fourth-order valence-corrected chi connectivity index (χ4v) is 4.07. The summed E-state index contributed by atoms with van der Waals surface area (Å²) in [5.74, 6) is -0.608. The Labute approximate surface area is 156 Å². The first kappa shape index (κ1) is 20.4. The number of carbonyl (C=O) groups excluding carboxylic acids is 2. The van der Waals surface area contributed by atoms with Crippen LogP contribution in [-0.4, -0.2) is 23.3 Å². The largest absolute Gasteiger partial charge is 0.511 e. The quantitative estimate of drug-likeness (QED) is 0.713. The summed E-state index contributed by atoms with van der Waals surface area (Å²) in [6.45, 7) is 11.2. The summed E-state index contributed by atoms with van der Waals surface area (Å²) in [7, 11) is 0. The molecule has 1 aromatic rings. The summed E-state index contributed by atoms with van der Waals surface area (Å²) in [5, 5.41) is 10.4. The molecule has 0 saturated heterocycles. The van der Waals surface area contributed by atoms with Gasteiger partial charge in [-0.15, -0.1) is 0 Å². The molecule has 1 N–H and O–H groups in total. The molecule has 1 aliphatic rings. The first-order valence-corrected chi connectivity index (χ1v) is 9.47. The summed E-state index contributed by atoms with van der Waals surface area (Å²) < 4.78 is 5.61. The molecule has 4 nitrogen and oxygen atoms in total. The molecule has 0 amide bonds. The van der Waals surface area contributed by atoms with Crippen molar-refractivity contribution < 1.29 is 19.4 Å². The highest BCUT2D eigenvalue weighted by Gasteiger charge is 2.33. The Bertz CT molecular complexity index is 743. The van der Waals surface area contributed by atoms with Crippen LogP contribution in [0.1, 0.15) is 73.3 Å². The molecule has 0 aromatic heterocycles. The van der Waals surface area contributed by atoms with Gasteiger partial charge < -0.3 is 9.84 Å². The number of aliphatic hydroxyl groups is 1. The lowest BCUT2D eigenvalue weighted by Gasteiger charge is -2.28. The SMILES string of the molecule is CCCC(=O)C1=C(O)CC(c2c(C)cc(C)c(COCC)c2C)CC1=O. The zero-order valence-corrected chi connectivity index (χ0v) is 16.6. The lowest BCUT2D eigenvalue weighted by molar-refractivity contribution is -0.122. The van der Waals surface area contributed by atoms with Crippen LogP contribution in [0.4, 0.5) is 0 Å². The number of carbonyl (C=O) groups is 2. The van der Waals surface area contributed by atoms with Gasteiger partial charge in [0.05, 0.1) is 12.2 Å². The molecule has 1 unspecified atom stereocenters. The predicted octanol–water partition coefficient (Wildman–Crippen LogP) is 4.78. The first-order chi connectivity index (χ1) is 12.3. The van der Waals surface area contributed by atoms with Crippen molar-refractivity contribution >= 4 is 11.6 Å². The second-order valence-electron chi connectivity index (χ2n) is 7.19. The minimum absolute atomic E-state index is 0.0278. The van der Waals surface area contributed by atoms with Crippen LogP contribution in [0, 0.1) is 20.8 Å². The summed E-state index contributed by atoms with van der Waals surface area (Å²) in [6, 6.07) is 2.12. The lowest BCUT2D eigenvalue weighted by atomic mass is 9.77. The van der Waals surface area contributed by atoms with Gasteiger partial charge >= 0.3 is 0 Å². The third-order valence-electron chi connectivity index (χ3n) is 5.24. The Morgan fingerprint density at radius 1 is 1.19 bits per heavy atom. The molecule has 0 heterocycles. The number of ketones is 2. The fraction of sp³-hybridized carbons (Fsp3) is 0.545. The highest BCUT2D eigenvalue weighted by atomic mass is 16.5. The van der Waals surface area contributed by atoms with Crippen LogP contribution in [0.15, 0.2) is 17.4 Å². The molecule has 0 aliphatic heterocycles. The maximum absolute atomic E-state index is 12.6. The Balaban J connectivity index is 2.41. The Hall–Kier alpha value is -1.94. The fourth-order valence-electron chi connectivity index (χ4n) is 4.07. The normalized spacial score (nSPS) is 17.7. The van der Waals surface area contributed by atoms with Gasteiger partial charge in [-0.3, -0.25) is 9.59 Å². The second-order valence-corrected chi connectivity index (χ2v) is 7.19. The van der Waals surface area contributed by atoms with Gasteiger partial charge in [-0.2, -0.15) is 0 Å². The van der Waals surface area contributed by atoms with Crippen LogP contribution >= 0.6 is 0 Å². The summed E-state index contributed by atoms with van der Waals surface area (Å²) >= 11 is 0. The van der Waals surface area contributed by atoms with Gasteiger partial charge in [0, 0.05) is 25.9 Å². The van der Waals surface area contributed by atoms with E-state index in [2.05, 4.69) is 19.9 Å². The van der Waals surface area contributed by atoms with Gasteiger partial charge in [0.15, 0.2) is 11.6 Å². The van der Waals surface area contributed by atoms with Crippen LogP contribution in [0.25, 0.3) is 0 Å². The topological polar surface area (TPSA) is 63.6 Å². The van der Waals surface area contributed by atoms with Gasteiger partial charge in [0.1, 0.15) is 5.76 Å². The Morgan fingerprint density at radius 3 is 2.46 bits per heavy atom. The molecular weight excluding hydrogens is 328 g/mol. The average Bonchev–Trinajstić information content (AvgIpc) is 2.54. The van der Waals surface area contributed by atoms with E-state index in [1.165, 1.54) is 5.56 Å². The molecule has 1 atom stereocenters. The molecule has 0 fully saturated rings. The minimum atomic E-state index is -0.233. The molecule has 0 radical (unpaired) electrons. The van der Waals surface area contributed by atoms with Gasteiger partial charge in [0.25, 0.3) is 0 Å². The number of Topliss-reactive ketones (excluding diaryl/α,β-unsaturated/α-hetero) is 2. The molecule has 0 spiro atoms. The maximum Gasteiger partial charge on any atom is 0.170 e. The van der Waals surface area contributed by atoms with Gasteiger partial charge in [0.2, 0.25) is 0 Å². The van der Waals surface area contributed by atoms with E-state index in [1.807, 2.05) is 20.8 Å². The van der Waals surface area contributed by atoms with Crippen molar-refractivity contribution in [2.75, 3.05) is 6.61 Å². The second kappa shape index (κ2) is 8.63. The molecule has 1 aliphatic carbocycles. The maximum atomic E-state index is 12.6. The predicted molar refractivity (Wildman–Crippen MR) is 103 cm³/mol. The van der Waals surface area contributed by atoms with Crippen LogP contribution in [0.2, 0.25) is 0 Å². The number of hydrogen-bond donors (Lipinski definition) is 1. The molecule has 1 aromatic carbocycles. The monoisotopic (exact) mass is 358 g/mol. The number of ether oxygens (including phenoxy) is 1. The van der Waals surface area contributed by atoms with E-state index < -0.39 is 0 Å². The van der Waals surface area contributed by atoms with E-state index in [0.717, 1.165) is 22.3 Å². The van der Waals surface area contributed by atoms with Crippen molar-refractivity contribution in [3.05, 3.63) is 45.2 Å². The van der Waals surface area contributed by atoms with E-state index >= 15 is 0 Å². The van der Waals surface area contributed by atoms with Crippen molar-refractivity contribution in [2.45, 2.75) is 72.8 Å². The first-order valence-electron chi connectivity index (χ1n) is 9.47. The van der Waals surface area contributed by atoms with Crippen molar-refractivity contribution in [1.29, 1.82) is 0 Å². The highest BCUT2D eigenvalue weighted by Crippen LogP contribution is 2.39. The van der Waals surface area contributed by atoms with Crippen LogP contribution in [0.5, 0.6) is 0 Å². The Morgan fingerprint density at radius 2 is 1.88 bits per heavy atom. The number of aliphatic hydroxyl groups excluding tert-OH is 1. The van der Waals surface area contributed by atoms with E-state index in [1.54, 1.807) is 0 Å². The van der Waals surface area contributed by atoms with Gasteiger partial charge in [-0.1, -0.05) is 13.0 Å². The third-order valence-corrected chi connectivity index (χ3v) is 5.24. The molecule has 0 saturated carbocycles.